The molecule has 0 N–H and O–H groups in total. The van der Waals surface area contributed by atoms with Crippen molar-refractivity contribution in [3.8, 4) is 11.1 Å². The molecule has 2 aromatic carbocycles. The molecule has 2 aromatic rings. The number of Topliss-reactive ketones (excluding diaryl/α,β-unsaturated/α-hetero) is 1. The second-order valence-electron chi connectivity index (χ2n) is 8.93. The highest BCUT2D eigenvalue weighted by atomic mass is 16.7. The minimum Gasteiger partial charge on any atom is -0.399 e. The summed E-state index contributed by atoms with van der Waals surface area (Å²) in [6.45, 7) is 9.97. The molecule has 0 atom stereocenters. The highest BCUT2D eigenvalue weighted by molar-refractivity contribution is 6.62. The van der Waals surface area contributed by atoms with Crippen molar-refractivity contribution >= 4 is 18.4 Å². The van der Waals surface area contributed by atoms with Gasteiger partial charge in [-0.25, -0.2) is 0 Å². The Labute approximate surface area is 162 Å². The number of benzene rings is 2. The topological polar surface area (TPSA) is 35.5 Å². The molecule has 0 unspecified atom stereocenters. The van der Waals surface area contributed by atoms with E-state index in [2.05, 4.69) is 76.2 Å². The molecule has 1 aliphatic carbocycles. The first-order chi connectivity index (χ1) is 12.6. The summed E-state index contributed by atoms with van der Waals surface area (Å²) in [7, 11) is -0.336. The zero-order valence-corrected chi connectivity index (χ0v) is 16.8. The van der Waals surface area contributed by atoms with Crippen LogP contribution in [0, 0.1) is 0 Å². The van der Waals surface area contributed by atoms with E-state index in [9.17, 15) is 4.79 Å². The van der Waals surface area contributed by atoms with Gasteiger partial charge in [0.1, 0.15) is 5.78 Å². The van der Waals surface area contributed by atoms with Gasteiger partial charge in [0.2, 0.25) is 0 Å². The Morgan fingerprint density at radius 2 is 1.26 bits per heavy atom. The van der Waals surface area contributed by atoms with E-state index in [1.807, 2.05) is 0 Å². The zero-order valence-electron chi connectivity index (χ0n) is 16.8. The van der Waals surface area contributed by atoms with E-state index < -0.39 is 0 Å². The molecule has 140 valence electrons. The lowest BCUT2D eigenvalue weighted by molar-refractivity contribution is -0.119. The summed E-state index contributed by atoms with van der Waals surface area (Å²) >= 11 is 0. The van der Waals surface area contributed by atoms with Crippen molar-refractivity contribution in [2.75, 3.05) is 0 Å². The van der Waals surface area contributed by atoms with Crippen LogP contribution in [0.4, 0.5) is 0 Å². The lowest BCUT2D eigenvalue weighted by Gasteiger charge is -2.32. The third-order valence-corrected chi connectivity index (χ3v) is 6.63. The first-order valence-corrected chi connectivity index (χ1v) is 9.72. The molecule has 0 aromatic heterocycles. The molecule has 0 spiro atoms. The van der Waals surface area contributed by atoms with E-state index in [0.717, 1.165) is 35.0 Å². The predicted molar refractivity (Wildman–Crippen MR) is 109 cm³/mol. The highest BCUT2D eigenvalue weighted by Gasteiger charge is 2.51. The quantitative estimate of drug-likeness (QED) is 0.762. The van der Waals surface area contributed by atoms with Crippen molar-refractivity contribution < 1.29 is 14.1 Å². The van der Waals surface area contributed by atoms with Crippen LogP contribution in [0.5, 0.6) is 0 Å². The van der Waals surface area contributed by atoms with Crippen LogP contribution >= 0.6 is 0 Å². The molecular weight excluding hydrogens is 335 g/mol. The van der Waals surface area contributed by atoms with Crippen LogP contribution in [0.25, 0.3) is 11.1 Å². The minimum atomic E-state index is -0.336. The van der Waals surface area contributed by atoms with Gasteiger partial charge in [-0.05, 0) is 69.6 Å². The average molecular weight is 362 g/mol. The van der Waals surface area contributed by atoms with Crippen molar-refractivity contribution in [1.29, 1.82) is 0 Å². The third-order valence-electron chi connectivity index (χ3n) is 6.63. The standard InChI is InChI=1S/C23H27BO3/c1-16(25)23(14-15-23)19-10-6-17(7-11-19)18-8-12-20(13-9-18)24-26-21(2,3)22(4,5)27-24/h6-13H,14-15H2,1-5H3. The van der Waals surface area contributed by atoms with Crippen LogP contribution in [0.3, 0.4) is 0 Å². The van der Waals surface area contributed by atoms with Crippen LogP contribution in [0.15, 0.2) is 48.5 Å². The van der Waals surface area contributed by atoms with Gasteiger partial charge >= 0.3 is 7.12 Å². The molecule has 1 saturated heterocycles. The van der Waals surface area contributed by atoms with E-state index in [1.54, 1.807) is 6.92 Å². The zero-order chi connectivity index (χ0) is 19.4. The number of hydrogen-bond acceptors (Lipinski definition) is 3. The first-order valence-electron chi connectivity index (χ1n) is 9.72. The Hall–Kier alpha value is -1.91. The molecular formula is C23H27BO3. The number of ketones is 1. The van der Waals surface area contributed by atoms with E-state index in [-0.39, 0.29) is 29.5 Å². The normalized spacial score (nSPS) is 21.9. The molecule has 4 rings (SSSR count). The van der Waals surface area contributed by atoms with Gasteiger partial charge in [-0.15, -0.1) is 0 Å². The molecule has 1 heterocycles. The fraction of sp³-hybridized carbons (Fsp3) is 0.435. The molecule has 2 fully saturated rings. The average Bonchev–Trinajstić information content (AvgIpc) is 3.39. The van der Waals surface area contributed by atoms with Crippen LogP contribution in [0.1, 0.15) is 53.0 Å². The number of carbonyl (C=O) groups is 1. The Kier molecular flexibility index (Phi) is 4.13. The second kappa shape index (κ2) is 6.05. The molecule has 2 aliphatic rings. The molecule has 1 saturated carbocycles. The van der Waals surface area contributed by atoms with Gasteiger partial charge in [-0.2, -0.15) is 0 Å². The summed E-state index contributed by atoms with van der Waals surface area (Å²) in [4.78, 5) is 11.9. The minimum absolute atomic E-state index is 0.209. The van der Waals surface area contributed by atoms with Crippen LogP contribution in [-0.2, 0) is 19.5 Å². The third kappa shape index (κ3) is 3.05. The summed E-state index contributed by atoms with van der Waals surface area (Å²) in [5, 5.41) is 0. The van der Waals surface area contributed by atoms with Crippen molar-refractivity contribution in [2.24, 2.45) is 0 Å². The van der Waals surface area contributed by atoms with E-state index in [1.165, 1.54) is 0 Å². The van der Waals surface area contributed by atoms with E-state index in [0.29, 0.717) is 0 Å². The van der Waals surface area contributed by atoms with Crippen LogP contribution in [0.2, 0.25) is 0 Å². The maximum Gasteiger partial charge on any atom is 0.494 e. The maximum atomic E-state index is 11.9. The molecule has 0 bridgehead atoms. The molecule has 0 radical (unpaired) electrons. The fourth-order valence-electron chi connectivity index (χ4n) is 3.76. The summed E-state index contributed by atoms with van der Waals surface area (Å²) in [5.41, 5.74) is 3.60. The maximum absolute atomic E-state index is 11.9. The molecule has 0 amide bonds. The smallest absolute Gasteiger partial charge is 0.399 e. The van der Waals surface area contributed by atoms with Gasteiger partial charge in [0, 0.05) is 0 Å². The van der Waals surface area contributed by atoms with Crippen LogP contribution < -0.4 is 5.46 Å². The Morgan fingerprint density at radius 3 is 1.67 bits per heavy atom. The Bertz CT molecular complexity index is 846. The summed E-state index contributed by atoms with van der Waals surface area (Å²) in [6, 6.07) is 16.8. The number of hydrogen-bond donors (Lipinski definition) is 0. The monoisotopic (exact) mass is 362 g/mol. The highest BCUT2D eigenvalue weighted by Crippen LogP contribution is 2.49. The van der Waals surface area contributed by atoms with Gasteiger partial charge in [0.15, 0.2) is 0 Å². The van der Waals surface area contributed by atoms with Crippen molar-refractivity contribution in [3.63, 3.8) is 0 Å². The lowest BCUT2D eigenvalue weighted by Crippen LogP contribution is -2.41. The van der Waals surface area contributed by atoms with Gasteiger partial charge < -0.3 is 9.31 Å². The van der Waals surface area contributed by atoms with Crippen molar-refractivity contribution in [2.45, 2.75) is 64.1 Å². The lowest BCUT2D eigenvalue weighted by atomic mass is 9.78. The van der Waals surface area contributed by atoms with Gasteiger partial charge in [-0.1, -0.05) is 48.5 Å². The number of carbonyl (C=O) groups excluding carboxylic acids is 1. The Morgan fingerprint density at radius 1 is 0.815 bits per heavy atom. The number of rotatable bonds is 4. The van der Waals surface area contributed by atoms with Gasteiger partial charge in [0.05, 0.1) is 16.6 Å². The van der Waals surface area contributed by atoms with Crippen LogP contribution in [-0.4, -0.2) is 24.1 Å². The Balaban J connectivity index is 1.53. The SMILES string of the molecule is CC(=O)C1(c2ccc(-c3ccc(B4OC(C)(C)C(C)(C)O4)cc3)cc2)CC1. The molecule has 1 aliphatic heterocycles. The van der Waals surface area contributed by atoms with Crippen molar-refractivity contribution in [1.82, 2.24) is 0 Å². The van der Waals surface area contributed by atoms with Crippen molar-refractivity contribution in [3.05, 3.63) is 54.1 Å². The fourth-order valence-corrected chi connectivity index (χ4v) is 3.76. The van der Waals surface area contributed by atoms with Gasteiger partial charge in [0.25, 0.3) is 0 Å². The first kappa shape index (κ1) is 18.5. The predicted octanol–water partition coefficient (Wildman–Crippen LogP) is 4.27. The summed E-state index contributed by atoms with van der Waals surface area (Å²) < 4.78 is 12.2. The van der Waals surface area contributed by atoms with E-state index >= 15 is 0 Å². The largest absolute Gasteiger partial charge is 0.494 e. The molecule has 4 heteroatoms. The molecule has 27 heavy (non-hydrogen) atoms. The molecule has 3 nitrogen and oxygen atoms in total. The summed E-state index contributed by atoms with van der Waals surface area (Å²) in [6.07, 6.45) is 1.95. The van der Waals surface area contributed by atoms with E-state index in [4.69, 9.17) is 9.31 Å². The second-order valence-corrected chi connectivity index (χ2v) is 8.93. The summed E-state index contributed by atoms with van der Waals surface area (Å²) in [5.74, 6) is 0.280. The van der Waals surface area contributed by atoms with Gasteiger partial charge in [-0.3, -0.25) is 4.79 Å².